The number of nitrogens with one attached hydrogen (secondary N) is 1. The second-order valence-corrected chi connectivity index (χ2v) is 3.24. The molecule has 11 heavy (non-hydrogen) atoms. The molecule has 0 rings (SSSR count). The van der Waals surface area contributed by atoms with Crippen LogP contribution in [0.3, 0.4) is 0 Å². The van der Waals surface area contributed by atoms with Gasteiger partial charge in [-0.15, -0.1) is 11.6 Å². The van der Waals surface area contributed by atoms with Crippen molar-refractivity contribution >= 4 is 11.6 Å². The van der Waals surface area contributed by atoms with E-state index in [2.05, 4.69) is 12.2 Å². The molecule has 0 heterocycles. The Morgan fingerprint density at radius 1 is 1.36 bits per heavy atom. The van der Waals surface area contributed by atoms with Crippen LogP contribution >= 0.6 is 11.6 Å². The summed E-state index contributed by atoms with van der Waals surface area (Å²) in [6.45, 7) is 7.77. The lowest BCUT2D eigenvalue weighted by atomic mass is 10.4. The van der Waals surface area contributed by atoms with Crippen molar-refractivity contribution in [3.05, 3.63) is 0 Å². The summed E-state index contributed by atoms with van der Waals surface area (Å²) in [5, 5.41) is 3.23. The van der Waals surface area contributed by atoms with E-state index >= 15 is 0 Å². The van der Waals surface area contributed by atoms with Crippen LogP contribution in [0.5, 0.6) is 0 Å². The second-order valence-electron chi connectivity index (χ2n) is 2.93. The maximum Gasteiger partial charge on any atom is 0.0594 e. The number of halogens is 1. The molecule has 68 valence electrons. The molecule has 0 aliphatic rings. The number of hydrogen-bond acceptors (Lipinski definition) is 2. The molecule has 0 aromatic heterocycles. The highest BCUT2D eigenvalue weighted by molar-refractivity contribution is 6.18. The summed E-state index contributed by atoms with van der Waals surface area (Å²) >= 11 is 5.59. The monoisotopic (exact) mass is 179 g/mol. The van der Waals surface area contributed by atoms with Gasteiger partial charge in [0.05, 0.1) is 12.7 Å². The van der Waals surface area contributed by atoms with Crippen LogP contribution in [-0.4, -0.2) is 31.2 Å². The Hall–Kier alpha value is 0.210. The van der Waals surface area contributed by atoms with Gasteiger partial charge in [0.2, 0.25) is 0 Å². The molecule has 0 saturated carbocycles. The first-order valence-electron chi connectivity index (χ1n) is 4.07. The van der Waals surface area contributed by atoms with Crippen molar-refractivity contribution in [3.63, 3.8) is 0 Å². The van der Waals surface area contributed by atoms with Gasteiger partial charge in [0, 0.05) is 18.5 Å². The third-order valence-corrected chi connectivity index (χ3v) is 1.74. The van der Waals surface area contributed by atoms with E-state index in [1.165, 1.54) is 0 Å². The Kier molecular flexibility index (Phi) is 7.02. The van der Waals surface area contributed by atoms with Crippen molar-refractivity contribution in [1.82, 2.24) is 5.32 Å². The Labute approximate surface area is 74.3 Å². The summed E-state index contributed by atoms with van der Waals surface area (Å²) in [4.78, 5) is 0. The highest BCUT2D eigenvalue weighted by atomic mass is 35.5. The van der Waals surface area contributed by atoms with Crippen LogP contribution in [0, 0.1) is 0 Å². The van der Waals surface area contributed by atoms with Gasteiger partial charge in [-0.1, -0.05) is 0 Å². The van der Waals surface area contributed by atoms with Gasteiger partial charge in [0.1, 0.15) is 0 Å². The zero-order chi connectivity index (χ0) is 8.69. The van der Waals surface area contributed by atoms with E-state index in [0.717, 1.165) is 13.2 Å². The van der Waals surface area contributed by atoms with E-state index < -0.39 is 0 Å². The molecule has 0 radical (unpaired) electrons. The topological polar surface area (TPSA) is 21.3 Å². The second kappa shape index (κ2) is 6.89. The van der Waals surface area contributed by atoms with E-state index in [9.17, 15) is 0 Å². The first-order chi connectivity index (χ1) is 5.16. The van der Waals surface area contributed by atoms with E-state index in [1.807, 2.05) is 13.8 Å². The van der Waals surface area contributed by atoms with Crippen molar-refractivity contribution in [2.45, 2.75) is 32.9 Å². The minimum Gasteiger partial charge on any atom is -0.377 e. The fourth-order valence-electron chi connectivity index (χ4n) is 0.655. The Morgan fingerprint density at radius 2 is 2.00 bits per heavy atom. The molecule has 0 bridgehead atoms. The van der Waals surface area contributed by atoms with Gasteiger partial charge in [-0.2, -0.15) is 0 Å². The third kappa shape index (κ3) is 8.11. The predicted octanol–water partition coefficient (Wildman–Crippen LogP) is 1.63. The average molecular weight is 180 g/mol. The third-order valence-electron chi connectivity index (χ3n) is 1.28. The summed E-state index contributed by atoms with van der Waals surface area (Å²) in [5.41, 5.74) is 0. The molecule has 1 atom stereocenters. The molecule has 2 nitrogen and oxygen atoms in total. The molecular formula is C8H18ClNO. The van der Waals surface area contributed by atoms with E-state index in [0.29, 0.717) is 18.0 Å². The Bertz CT molecular complexity index is 88.2. The van der Waals surface area contributed by atoms with Crippen LogP contribution in [0.4, 0.5) is 0 Å². The molecular weight excluding hydrogens is 162 g/mol. The van der Waals surface area contributed by atoms with E-state index in [-0.39, 0.29) is 0 Å². The number of rotatable bonds is 6. The lowest BCUT2D eigenvalue weighted by Crippen LogP contribution is -2.31. The quantitative estimate of drug-likeness (QED) is 0.495. The first-order valence-corrected chi connectivity index (χ1v) is 4.61. The normalized spacial score (nSPS) is 13.9. The summed E-state index contributed by atoms with van der Waals surface area (Å²) in [7, 11) is 0. The zero-order valence-corrected chi connectivity index (χ0v) is 8.32. The Balaban J connectivity index is 3.01. The van der Waals surface area contributed by atoms with E-state index in [1.54, 1.807) is 0 Å². The van der Waals surface area contributed by atoms with Crippen molar-refractivity contribution in [1.29, 1.82) is 0 Å². The average Bonchev–Trinajstić information content (AvgIpc) is 1.97. The van der Waals surface area contributed by atoms with Crippen molar-refractivity contribution in [2.75, 3.05) is 19.0 Å². The highest BCUT2D eigenvalue weighted by Crippen LogP contribution is 1.87. The molecule has 1 N–H and O–H groups in total. The van der Waals surface area contributed by atoms with Crippen molar-refractivity contribution in [3.8, 4) is 0 Å². The smallest absolute Gasteiger partial charge is 0.0594 e. The maximum atomic E-state index is 5.59. The van der Waals surface area contributed by atoms with Gasteiger partial charge >= 0.3 is 0 Å². The van der Waals surface area contributed by atoms with Crippen LogP contribution in [0.15, 0.2) is 0 Å². The Morgan fingerprint density at radius 3 is 2.45 bits per heavy atom. The lowest BCUT2D eigenvalue weighted by molar-refractivity contribution is 0.0799. The molecule has 0 aromatic carbocycles. The fraction of sp³-hybridized carbons (Fsp3) is 1.00. The van der Waals surface area contributed by atoms with Gasteiger partial charge < -0.3 is 10.1 Å². The van der Waals surface area contributed by atoms with E-state index in [4.69, 9.17) is 16.3 Å². The van der Waals surface area contributed by atoms with Gasteiger partial charge in [-0.3, -0.25) is 0 Å². The summed E-state index contributed by atoms with van der Waals surface area (Å²) in [6, 6.07) is 0.382. The minimum absolute atomic E-state index is 0.322. The molecule has 0 aliphatic carbocycles. The molecule has 0 aromatic rings. The fourth-order valence-corrected chi connectivity index (χ4v) is 0.764. The standard InChI is InChI=1S/C8H18ClNO/c1-7(2)11-5-4-10-8(3)6-9/h7-8,10H,4-6H2,1-3H3. The summed E-state index contributed by atoms with van der Waals surface area (Å²) in [5.74, 6) is 0.654. The number of alkyl halides is 1. The zero-order valence-electron chi connectivity index (χ0n) is 7.56. The molecule has 0 aliphatic heterocycles. The molecule has 1 unspecified atom stereocenters. The molecule has 0 amide bonds. The lowest BCUT2D eigenvalue weighted by Gasteiger charge is -2.11. The van der Waals surface area contributed by atoms with Crippen molar-refractivity contribution < 1.29 is 4.74 Å². The first kappa shape index (κ1) is 11.2. The van der Waals surface area contributed by atoms with Gasteiger partial charge in [-0.05, 0) is 20.8 Å². The van der Waals surface area contributed by atoms with Gasteiger partial charge in [0.15, 0.2) is 0 Å². The molecule has 3 heteroatoms. The van der Waals surface area contributed by atoms with Crippen LogP contribution in [0.25, 0.3) is 0 Å². The number of ether oxygens (including phenoxy) is 1. The number of hydrogen-bond donors (Lipinski definition) is 1. The molecule has 0 spiro atoms. The predicted molar refractivity (Wildman–Crippen MR) is 49.3 cm³/mol. The summed E-state index contributed by atoms with van der Waals surface area (Å²) in [6.07, 6.45) is 0.322. The minimum atomic E-state index is 0.322. The van der Waals surface area contributed by atoms with Crippen LogP contribution in [0.2, 0.25) is 0 Å². The van der Waals surface area contributed by atoms with Gasteiger partial charge in [0.25, 0.3) is 0 Å². The SMILES string of the molecule is CC(CCl)NCCOC(C)C. The maximum absolute atomic E-state index is 5.59. The summed E-state index contributed by atoms with van der Waals surface area (Å²) < 4.78 is 5.33. The highest BCUT2D eigenvalue weighted by Gasteiger charge is 1.97. The van der Waals surface area contributed by atoms with Crippen LogP contribution in [0.1, 0.15) is 20.8 Å². The molecule has 0 saturated heterocycles. The van der Waals surface area contributed by atoms with Crippen LogP contribution < -0.4 is 5.32 Å². The van der Waals surface area contributed by atoms with Gasteiger partial charge in [-0.25, -0.2) is 0 Å². The largest absolute Gasteiger partial charge is 0.377 e. The molecule has 0 fully saturated rings. The van der Waals surface area contributed by atoms with Crippen molar-refractivity contribution in [2.24, 2.45) is 0 Å². The van der Waals surface area contributed by atoms with Crippen LogP contribution in [-0.2, 0) is 4.74 Å².